The number of carbonyl (C=O) groups is 2. The van der Waals surface area contributed by atoms with Gasteiger partial charge in [0, 0.05) is 18.1 Å². The summed E-state index contributed by atoms with van der Waals surface area (Å²) < 4.78 is 31.7. The third-order valence-electron chi connectivity index (χ3n) is 5.32. The van der Waals surface area contributed by atoms with Crippen molar-refractivity contribution in [3.63, 3.8) is 0 Å². The van der Waals surface area contributed by atoms with E-state index in [2.05, 4.69) is 31.0 Å². The van der Waals surface area contributed by atoms with Crippen molar-refractivity contribution in [1.29, 1.82) is 0 Å². The molecule has 0 bridgehead atoms. The fourth-order valence-corrected chi connectivity index (χ4v) is 4.40. The second-order valence-electron chi connectivity index (χ2n) is 9.49. The number of alkyl halides is 3. The van der Waals surface area contributed by atoms with Crippen LogP contribution in [-0.4, -0.2) is 54.2 Å². The number of halogens is 4. The second-order valence-corrected chi connectivity index (χ2v) is 10.8. The molecule has 0 radical (unpaired) electrons. The van der Waals surface area contributed by atoms with Crippen LogP contribution in [0.25, 0.3) is 11.1 Å². The average molecular weight is 519 g/mol. The molecule has 3 rings (SSSR count). The Labute approximate surface area is 206 Å². The van der Waals surface area contributed by atoms with E-state index in [-0.39, 0.29) is 5.91 Å². The maximum atomic E-state index is 12.5. The minimum absolute atomic E-state index is 0.0291. The van der Waals surface area contributed by atoms with Crippen molar-refractivity contribution in [2.75, 3.05) is 26.2 Å². The molecule has 1 amide bonds. The SMILES string of the molecule is CC(C)(C)CCN1CCC(CNC(=O)c2cc(-c3cccc(Cl)c3)cs2)C1.O=C(O)C(F)(F)F. The van der Waals surface area contributed by atoms with Crippen molar-refractivity contribution in [2.24, 2.45) is 11.3 Å². The van der Waals surface area contributed by atoms with E-state index in [0.29, 0.717) is 16.4 Å². The Morgan fingerprint density at radius 3 is 2.47 bits per heavy atom. The maximum Gasteiger partial charge on any atom is 0.490 e. The summed E-state index contributed by atoms with van der Waals surface area (Å²) >= 11 is 7.55. The summed E-state index contributed by atoms with van der Waals surface area (Å²) in [6.45, 7) is 11.0. The van der Waals surface area contributed by atoms with E-state index in [1.54, 1.807) is 0 Å². The number of hydrogen-bond donors (Lipinski definition) is 2. The van der Waals surface area contributed by atoms with Gasteiger partial charge in [-0.05, 0) is 72.0 Å². The van der Waals surface area contributed by atoms with Crippen LogP contribution in [0.1, 0.15) is 43.3 Å². The Morgan fingerprint density at radius 1 is 1.21 bits per heavy atom. The van der Waals surface area contributed by atoms with Crippen LogP contribution in [0.3, 0.4) is 0 Å². The molecule has 1 saturated heterocycles. The number of carboxylic acids is 1. The molecule has 34 heavy (non-hydrogen) atoms. The number of hydrogen-bond acceptors (Lipinski definition) is 4. The van der Waals surface area contributed by atoms with Crippen molar-refractivity contribution in [2.45, 2.75) is 39.8 Å². The fraction of sp³-hybridized carbons (Fsp3) is 0.500. The van der Waals surface area contributed by atoms with Gasteiger partial charge in [-0.2, -0.15) is 13.2 Å². The normalized spacial score (nSPS) is 16.6. The number of thiophene rings is 1. The highest BCUT2D eigenvalue weighted by molar-refractivity contribution is 7.12. The highest BCUT2D eigenvalue weighted by atomic mass is 35.5. The largest absolute Gasteiger partial charge is 0.490 e. The first-order valence-corrected chi connectivity index (χ1v) is 12.2. The number of rotatable bonds is 6. The quantitative estimate of drug-likeness (QED) is 0.478. The first-order valence-electron chi connectivity index (χ1n) is 10.9. The van der Waals surface area contributed by atoms with E-state index in [1.165, 1.54) is 24.2 Å². The Morgan fingerprint density at radius 2 is 1.88 bits per heavy atom. The zero-order chi connectivity index (χ0) is 25.5. The van der Waals surface area contributed by atoms with E-state index in [4.69, 9.17) is 21.5 Å². The number of likely N-dealkylation sites (tertiary alicyclic amines) is 1. The van der Waals surface area contributed by atoms with E-state index in [0.717, 1.165) is 42.2 Å². The molecule has 1 aliphatic heterocycles. The van der Waals surface area contributed by atoms with Crippen molar-refractivity contribution >= 4 is 34.8 Å². The molecule has 1 unspecified atom stereocenters. The standard InChI is InChI=1S/C22H29ClN2OS.C2HF3O2/c1-22(2,3)8-10-25-9-7-16(14-25)13-24-21(26)20-12-18(15-27-20)17-5-4-6-19(23)11-17;3-2(4,5)1(6)7/h4-6,11-12,15-16H,7-10,13-14H2,1-3H3,(H,24,26);(H,6,7). The number of nitrogens with zero attached hydrogens (tertiary/aromatic N) is 1. The number of carboxylic acid groups (broad SMARTS) is 1. The smallest absolute Gasteiger partial charge is 0.475 e. The minimum Gasteiger partial charge on any atom is -0.475 e. The zero-order valence-electron chi connectivity index (χ0n) is 19.4. The average Bonchev–Trinajstić information content (AvgIpc) is 3.40. The molecule has 2 heterocycles. The van der Waals surface area contributed by atoms with Gasteiger partial charge in [0.25, 0.3) is 5.91 Å². The number of nitrogens with one attached hydrogen (secondary N) is 1. The lowest BCUT2D eigenvalue weighted by atomic mass is 9.92. The summed E-state index contributed by atoms with van der Waals surface area (Å²) in [5, 5.41) is 13.0. The summed E-state index contributed by atoms with van der Waals surface area (Å²) in [5.41, 5.74) is 2.47. The molecule has 1 aromatic carbocycles. The summed E-state index contributed by atoms with van der Waals surface area (Å²) in [7, 11) is 0. The monoisotopic (exact) mass is 518 g/mol. The molecule has 5 nitrogen and oxygen atoms in total. The molecule has 1 aromatic heterocycles. The van der Waals surface area contributed by atoms with Gasteiger partial charge in [-0.1, -0.05) is 44.5 Å². The molecule has 0 aliphatic carbocycles. The molecule has 1 aliphatic rings. The molecule has 0 spiro atoms. The first-order chi connectivity index (χ1) is 15.7. The molecule has 2 N–H and O–H groups in total. The lowest BCUT2D eigenvalue weighted by molar-refractivity contribution is -0.192. The van der Waals surface area contributed by atoms with Gasteiger partial charge in [0.2, 0.25) is 0 Å². The molecule has 1 fully saturated rings. The van der Waals surface area contributed by atoms with Crippen molar-refractivity contribution in [3.05, 3.63) is 45.6 Å². The van der Waals surface area contributed by atoms with Gasteiger partial charge in [0.05, 0.1) is 4.88 Å². The maximum absolute atomic E-state index is 12.5. The second kappa shape index (κ2) is 12.0. The molecular formula is C24H30ClF3N2O3S. The molecule has 1 atom stereocenters. The number of amides is 1. The van der Waals surface area contributed by atoms with Gasteiger partial charge in [0.1, 0.15) is 0 Å². The van der Waals surface area contributed by atoms with Gasteiger partial charge >= 0.3 is 12.1 Å². The van der Waals surface area contributed by atoms with Crippen LogP contribution in [0.5, 0.6) is 0 Å². The van der Waals surface area contributed by atoms with Gasteiger partial charge in [-0.25, -0.2) is 4.79 Å². The van der Waals surface area contributed by atoms with Crippen LogP contribution in [0, 0.1) is 11.3 Å². The summed E-state index contributed by atoms with van der Waals surface area (Å²) in [6.07, 6.45) is -2.70. The Kier molecular flexibility index (Phi) is 9.96. The summed E-state index contributed by atoms with van der Waals surface area (Å²) in [6, 6.07) is 9.68. The van der Waals surface area contributed by atoms with Gasteiger partial charge in [0.15, 0.2) is 0 Å². The van der Waals surface area contributed by atoms with Crippen LogP contribution < -0.4 is 5.32 Å². The third kappa shape index (κ3) is 9.64. The van der Waals surface area contributed by atoms with Gasteiger partial charge < -0.3 is 15.3 Å². The van der Waals surface area contributed by atoms with Crippen molar-refractivity contribution < 1.29 is 27.9 Å². The van der Waals surface area contributed by atoms with Gasteiger partial charge in [-0.15, -0.1) is 11.3 Å². The number of benzene rings is 1. The molecule has 2 aromatic rings. The zero-order valence-corrected chi connectivity index (χ0v) is 21.0. The molecule has 188 valence electrons. The topological polar surface area (TPSA) is 69.6 Å². The fourth-order valence-electron chi connectivity index (χ4n) is 3.37. The Bertz CT molecular complexity index is 973. The lowest BCUT2D eigenvalue weighted by Crippen LogP contribution is -2.31. The molecular weight excluding hydrogens is 489 g/mol. The van der Waals surface area contributed by atoms with Crippen LogP contribution in [0.2, 0.25) is 5.02 Å². The van der Waals surface area contributed by atoms with Crippen LogP contribution in [0.4, 0.5) is 13.2 Å². The molecule has 10 heteroatoms. The first kappa shape index (κ1) is 28.1. The highest BCUT2D eigenvalue weighted by Gasteiger charge is 2.38. The van der Waals surface area contributed by atoms with Crippen molar-refractivity contribution in [1.82, 2.24) is 10.2 Å². The lowest BCUT2D eigenvalue weighted by Gasteiger charge is -2.23. The number of carbonyl (C=O) groups excluding carboxylic acids is 1. The highest BCUT2D eigenvalue weighted by Crippen LogP contribution is 2.28. The van der Waals surface area contributed by atoms with Crippen LogP contribution >= 0.6 is 22.9 Å². The molecule has 0 saturated carbocycles. The van der Waals surface area contributed by atoms with Crippen molar-refractivity contribution in [3.8, 4) is 11.1 Å². The van der Waals surface area contributed by atoms with Crippen LogP contribution in [-0.2, 0) is 4.79 Å². The predicted octanol–water partition coefficient (Wildman–Crippen LogP) is 6.19. The summed E-state index contributed by atoms with van der Waals surface area (Å²) in [5.74, 6) is -2.17. The van der Waals surface area contributed by atoms with Gasteiger partial charge in [-0.3, -0.25) is 4.79 Å². The Balaban J connectivity index is 0.000000509. The Hall–Kier alpha value is -2.10. The number of aliphatic carboxylic acids is 1. The van der Waals surface area contributed by atoms with E-state index in [1.807, 2.05) is 35.7 Å². The third-order valence-corrected chi connectivity index (χ3v) is 6.49. The predicted molar refractivity (Wildman–Crippen MR) is 129 cm³/mol. The van der Waals surface area contributed by atoms with E-state index >= 15 is 0 Å². The van der Waals surface area contributed by atoms with E-state index in [9.17, 15) is 18.0 Å². The van der Waals surface area contributed by atoms with E-state index < -0.39 is 12.1 Å². The minimum atomic E-state index is -5.08. The van der Waals surface area contributed by atoms with Crippen LogP contribution in [0.15, 0.2) is 35.7 Å². The summed E-state index contributed by atoms with van der Waals surface area (Å²) in [4.78, 5) is 24.7.